The van der Waals surface area contributed by atoms with Crippen LogP contribution in [-0.2, 0) is 0 Å². The Morgan fingerprint density at radius 3 is 1.27 bits per heavy atom. The highest BCUT2D eigenvalue weighted by Gasteiger charge is 2.38. The second-order valence-electron chi connectivity index (χ2n) is 10.9. The standard InChI is InChI=1S/C28H56N2/c1-6-11-12-13-14-15-16-17-26(29-22-18-27(7-2,8-3)19-23-29)30-24-20-28(9-4,10-5)21-25-30/h26H,6-25H2,1-5H3. The molecule has 2 heteroatoms. The number of piperidine rings is 2. The first-order valence-corrected chi connectivity index (χ1v) is 14.1. The van der Waals surface area contributed by atoms with Crippen LogP contribution in [0.3, 0.4) is 0 Å². The van der Waals surface area contributed by atoms with Crippen molar-refractivity contribution in [1.82, 2.24) is 9.80 Å². The van der Waals surface area contributed by atoms with E-state index in [0.29, 0.717) is 10.8 Å². The molecule has 2 heterocycles. The molecule has 2 nitrogen and oxygen atoms in total. The zero-order valence-corrected chi connectivity index (χ0v) is 21.6. The number of hydrogen-bond donors (Lipinski definition) is 0. The van der Waals surface area contributed by atoms with Crippen molar-refractivity contribution in [3.8, 4) is 0 Å². The van der Waals surface area contributed by atoms with Gasteiger partial charge in [0.05, 0.1) is 6.17 Å². The first kappa shape index (κ1) is 26.2. The van der Waals surface area contributed by atoms with Crippen molar-refractivity contribution in [3.63, 3.8) is 0 Å². The molecule has 2 rings (SSSR count). The quantitative estimate of drug-likeness (QED) is 0.261. The van der Waals surface area contributed by atoms with Gasteiger partial charge in [-0.3, -0.25) is 9.80 Å². The van der Waals surface area contributed by atoms with Crippen LogP contribution < -0.4 is 0 Å². The Kier molecular flexibility index (Phi) is 11.7. The third-order valence-electron chi connectivity index (χ3n) is 9.63. The second-order valence-corrected chi connectivity index (χ2v) is 10.9. The molecule has 0 aromatic rings. The summed E-state index contributed by atoms with van der Waals surface area (Å²) in [5, 5.41) is 0. The van der Waals surface area contributed by atoms with E-state index in [1.165, 1.54) is 129 Å². The van der Waals surface area contributed by atoms with Crippen LogP contribution in [0, 0.1) is 10.8 Å². The monoisotopic (exact) mass is 420 g/mol. The van der Waals surface area contributed by atoms with E-state index < -0.39 is 0 Å². The molecule has 0 aliphatic carbocycles. The lowest BCUT2D eigenvalue weighted by Gasteiger charge is -2.50. The summed E-state index contributed by atoms with van der Waals surface area (Å²) in [6.07, 6.45) is 23.4. The maximum absolute atomic E-state index is 2.91. The zero-order valence-electron chi connectivity index (χ0n) is 21.6. The zero-order chi connectivity index (χ0) is 21.9. The molecule has 0 bridgehead atoms. The molecule has 0 aromatic heterocycles. The van der Waals surface area contributed by atoms with Gasteiger partial charge >= 0.3 is 0 Å². The summed E-state index contributed by atoms with van der Waals surface area (Å²) in [6.45, 7) is 17.4. The molecule has 0 radical (unpaired) electrons. The van der Waals surface area contributed by atoms with Crippen molar-refractivity contribution in [2.45, 2.75) is 144 Å². The molecule has 2 saturated heterocycles. The molecule has 2 fully saturated rings. The number of rotatable bonds is 14. The summed E-state index contributed by atoms with van der Waals surface area (Å²) in [5.41, 5.74) is 1.28. The van der Waals surface area contributed by atoms with E-state index >= 15 is 0 Å². The average Bonchev–Trinajstić information content (AvgIpc) is 2.81. The summed E-state index contributed by atoms with van der Waals surface area (Å²) in [5.74, 6) is 0. The molecule has 30 heavy (non-hydrogen) atoms. The Morgan fingerprint density at radius 1 is 0.533 bits per heavy atom. The van der Waals surface area contributed by atoms with Crippen molar-refractivity contribution in [3.05, 3.63) is 0 Å². The van der Waals surface area contributed by atoms with Crippen molar-refractivity contribution in [2.24, 2.45) is 10.8 Å². The van der Waals surface area contributed by atoms with E-state index in [0.717, 1.165) is 6.17 Å². The fraction of sp³-hybridized carbons (Fsp3) is 1.00. The predicted octanol–water partition coefficient (Wildman–Crippen LogP) is 8.26. The first-order chi connectivity index (χ1) is 14.6. The van der Waals surface area contributed by atoms with Gasteiger partial charge in [0.15, 0.2) is 0 Å². The van der Waals surface area contributed by atoms with Gasteiger partial charge in [0.25, 0.3) is 0 Å². The molecule has 0 aromatic carbocycles. The Labute approximate surface area is 190 Å². The van der Waals surface area contributed by atoms with E-state index in [1.807, 2.05) is 0 Å². The first-order valence-electron chi connectivity index (χ1n) is 14.1. The minimum Gasteiger partial charge on any atom is -0.288 e. The van der Waals surface area contributed by atoms with Gasteiger partial charge in [-0.25, -0.2) is 0 Å². The van der Waals surface area contributed by atoms with Crippen molar-refractivity contribution < 1.29 is 0 Å². The van der Waals surface area contributed by atoms with Gasteiger partial charge in [0.2, 0.25) is 0 Å². The maximum Gasteiger partial charge on any atom is 0.0622 e. The highest BCUT2D eigenvalue weighted by molar-refractivity contribution is 4.90. The summed E-state index contributed by atoms with van der Waals surface area (Å²) in [7, 11) is 0. The topological polar surface area (TPSA) is 6.48 Å². The fourth-order valence-electron chi connectivity index (χ4n) is 6.39. The number of unbranched alkanes of at least 4 members (excludes halogenated alkanes) is 6. The molecule has 2 aliphatic heterocycles. The SMILES string of the molecule is CCCCCCCCCC(N1CCC(CC)(CC)CC1)N1CCC(CC)(CC)CC1. The lowest BCUT2D eigenvalue weighted by molar-refractivity contribution is -0.0389. The molecule has 0 spiro atoms. The van der Waals surface area contributed by atoms with E-state index in [-0.39, 0.29) is 0 Å². The molecule has 0 amide bonds. The van der Waals surface area contributed by atoms with Crippen molar-refractivity contribution in [1.29, 1.82) is 0 Å². The predicted molar refractivity (Wildman–Crippen MR) is 134 cm³/mol. The van der Waals surface area contributed by atoms with Crippen molar-refractivity contribution >= 4 is 0 Å². The minimum absolute atomic E-state index is 0.641. The molecule has 2 aliphatic rings. The van der Waals surface area contributed by atoms with E-state index in [1.54, 1.807) is 0 Å². The Balaban J connectivity index is 1.90. The molecular weight excluding hydrogens is 364 g/mol. The molecule has 178 valence electrons. The van der Waals surface area contributed by atoms with Gasteiger partial charge in [-0.1, -0.05) is 105 Å². The van der Waals surface area contributed by atoms with Crippen LogP contribution in [0.4, 0.5) is 0 Å². The summed E-state index contributed by atoms with van der Waals surface area (Å²) in [4.78, 5) is 5.82. The average molecular weight is 421 g/mol. The fourth-order valence-corrected chi connectivity index (χ4v) is 6.39. The smallest absolute Gasteiger partial charge is 0.0622 e. The molecule has 0 unspecified atom stereocenters. The van der Waals surface area contributed by atoms with E-state index in [2.05, 4.69) is 44.4 Å². The highest BCUT2D eigenvalue weighted by Crippen LogP contribution is 2.41. The molecule has 0 N–H and O–H groups in total. The Hall–Kier alpha value is -0.0800. The van der Waals surface area contributed by atoms with E-state index in [4.69, 9.17) is 0 Å². The molecule has 0 saturated carbocycles. The number of likely N-dealkylation sites (tertiary alicyclic amines) is 2. The Morgan fingerprint density at radius 2 is 0.900 bits per heavy atom. The van der Waals surface area contributed by atoms with Crippen LogP contribution in [0.15, 0.2) is 0 Å². The number of nitrogens with zero attached hydrogens (tertiary/aromatic N) is 2. The van der Waals surface area contributed by atoms with Crippen LogP contribution in [0.2, 0.25) is 0 Å². The normalized spacial score (nSPS) is 22.6. The van der Waals surface area contributed by atoms with Gasteiger partial charge in [-0.2, -0.15) is 0 Å². The van der Waals surface area contributed by atoms with Crippen LogP contribution in [0.25, 0.3) is 0 Å². The van der Waals surface area contributed by atoms with Gasteiger partial charge in [0.1, 0.15) is 0 Å². The summed E-state index contributed by atoms with van der Waals surface area (Å²) in [6, 6.07) is 0. The van der Waals surface area contributed by atoms with Crippen LogP contribution in [0.1, 0.15) is 137 Å². The number of hydrogen-bond acceptors (Lipinski definition) is 2. The molecular formula is C28H56N2. The van der Waals surface area contributed by atoms with Crippen LogP contribution in [-0.4, -0.2) is 42.1 Å². The second kappa shape index (κ2) is 13.5. The van der Waals surface area contributed by atoms with Gasteiger partial charge in [-0.05, 0) is 42.9 Å². The van der Waals surface area contributed by atoms with Crippen molar-refractivity contribution in [2.75, 3.05) is 26.2 Å². The lowest BCUT2D eigenvalue weighted by Crippen LogP contribution is -2.55. The van der Waals surface area contributed by atoms with Gasteiger partial charge < -0.3 is 0 Å². The van der Waals surface area contributed by atoms with Crippen LogP contribution in [0.5, 0.6) is 0 Å². The molecule has 0 atom stereocenters. The maximum atomic E-state index is 2.91. The minimum atomic E-state index is 0.641. The summed E-state index contributed by atoms with van der Waals surface area (Å²) < 4.78 is 0. The van der Waals surface area contributed by atoms with E-state index in [9.17, 15) is 0 Å². The highest BCUT2D eigenvalue weighted by atomic mass is 15.4. The van der Waals surface area contributed by atoms with Gasteiger partial charge in [-0.15, -0.1) is 0 Å². The largest absolute Gasteiger partial charge is 0.288 e. The van der Waals surface area contributed by atoms with Crippen LogP contribution >= 0.6 is 0 Å². The summed E-state index contributed by atoms with van der Waals surface area (Å²) >= 11 is 0. The third-order valence-corrected chi connectivity index (χ3v) is 9.63. The lowest BCUT2D eigenvalue weighted by atomic mass is 9.73. The van der Waals surface area contributed by atoms with Gasteiger partial charge in [0, 0.05) is 26.2 Å². The third kappa shape index (κ3) is 7.22. The Bertz CT molecular complexity index is 386.